The van der Waals surface area contributed by atoms with Crippen LogP contribution in [-0.2, 0) is 6.54 Å². The Labute approximate surface area is 79.9 Å². The first-order valence-corrected chi connectivity index (χ1v) is 4.25. The molecule has 0 radical (unpaired) electrons. The SMILES string of the molecule is NC(=O)c1ccc(=O)n(CCCl)c1. The van der Waals surface area contributed by atoms with E-state index in [0.717, 1.165) is 0 Å². The maximum absolute atomic E-state index is 11.1. The van der Waals surface area contributed by atoms with Gasteiger partial charge in [-0.2, -0.15) is 0 Å². The number of halogens is 1. The van der Waals surface area contributed by atoms with Crippen molar-refractivity contribution >= 4 is 17.5 Å². The normalized spacial score (nSPS) is 9.92. The van der Waals surface area contributed by atoms with Gasteiger partial charge in [-0.05, 0) is 6.07 Å². The third-order valence-corrected chi connectivity index (χ3v) is 1.76. The van der Waals surface area contributed by atoms with Crippen LogP contribution in [0.1, 0.15) is 10.4 Å². The van der Waals surface area contributed by atoms with Gasteiger partial charge in [0.2, 0.25) is 5.91 Å². The molecule has 1 aromatic heterocycles. The summed E-state index contributed by atoms with van der Waals surface area (Å²) >= 11 is 5.46. The van der Waals surface area contributed by atoms with Crippen LogP contribution < -0.4 is 11.3 Å². The van der Waals surface area contributed by atoms with Crippen molar-refractivity contribution in [3.05, 3.63) is 34.2 Å². The lowest BCUT2D eigenvalue weighted by Gasteiger charge is -2.03. The van der Waals surface area contributed by atoms with E-state index in [1.165, 1.54) is 22.9 Å². The van der Waals surface area contributed by atoms with Crippen LogP contribution in [0.4, 0.5) is 0 Å². The molecular formula is C8H9ClN2O2. The number of hydrogen-bond acceptors (Lipinski definition) is 2. The summed E-state index contributed by atoms with van der Waals surface area (Å²) in [5, 5.41) is 0. The van der Waals surface area contributed by atoms with Crippen molar-refractivity contribution in [2.45, 2.75) is 6.54 Å². The quantitative estimate of drug-likeness (QED) is 0.708. The van der Waals surface area contributed by atoms with Crippen molar-refractivity contribution in [3.63, 3.8) is 0 Å². The topological polar surface area (TPSA) is 65.1 Å². The van der Waals surface area contributed by atoms with Gasteiger partial charge >= 0.3 is 0 Å². The van der Waals surface area contributed by atoms with E-state index in [1.807, 2.05) is 0 Å². The van der Waals surface area contributed by atoms with Crippen LogP contribution in [0.2, 0.25) is 0 Å². The fourth-order valence-electron chi connectivity index (χ4n) is 0.943. The third-order valence-electron chi connectivity index (χ3n) is 1.59. The summed E-state index contributed by atoms with van der Waals surface area (Å²) in [7, 11) is 0. The van der Waals surface area contributed by atoms with Crippen molar-refractivity contribution in [3.8, 4) is 0 Å². The Bertz CT molecular complexity index is 373. The molecule has 0 bridgehead atoms. The lowest BCUT2D eigenvalue weighted by molar-refractivity contribution is 0.0999. The number of carbonyl (C=O) groups excluding carboxylic acids is 1. The molecule has 2 N–H and O–H groups in total. The van der Waals surface area contributed by atoms with Gasteiger partial charge in [0.25, 0.3) is 5.56 Å². The van der Waals surface area contributed by atoms with Gasteiger partial charge in [0.15, 0.2) is 0 Å². The molecule has 0 unspecified atom stereocenters. The van der Waals surface area contributed by atoms with E-state index < -0.39 is 5.91 Å². The zero-order chi connectivity index (χ0) is 9.84. The van der Waals surface area contributed by atoms with E-state index in [1.54, 1.807) is 0 Å². The van der Waals surface area contributed by atoms with Crippen molar-refractivity contribution in [2.75, 3.05) is 5.88 Å². The first-order chi connectivity index (χ1) is 6.15. The van der Waals surface area contributed by atoms with Gasteiger partial charge in [0.1, 0.15) is 0 Å². The van der Waals surface area contributed by atoms with Gasteiger partial charge in [-0.15, -0.1) is 11.6 Å². The second kappa shape index (κ2) is 4.09. The Hall–Kier alpha value is -1.29. The second-order valence-electron chi connectivity index (χ2n) is 2.50. The number of hydrogen-bond donors (Lipinski definition) is 1. The molecule has 0 aliphatic rings. The highest BCUT2D eigenvalue weighted by Gasteiger charge is 2.02. The fourth-order valence-corrected chi connectivity index (χ4v) is 1.13. The Kier molecular flexibility index (Phi) is 3.08. The van der Waals surface area contributed by atoms with Gasteiger partial charge in [-0.1, -0.05) is 0 Å². The molecule has 1 rings (SSSR count). The summed E-state index contributed by atoms with van der Waals surface area (Å²) in [6.45, 7) is 0.376. The van der Waals surface area contributed by atoms with Crippen molar-refractivity contribution in [1.29, 1.82) is 0 Å². The summed E-state index contributed by atoms with van der Waals surface area (Å²) in [6, 6.07) is 2.70. The predicted molar refractivity (Wildman–Crippen MR) is 49.9 cm³/mol. The Morgan fingerprint density at radius 1 is 1.54 bits per heavy atom. The van der Waals surface area contributed by atoms with Gasteiger partial charge in [-0.25, -0.2) is 0 Å². The molecule has 0 aliphatic carbocycles. The standard InChI is InChI=1S/C8H9ClN2O2/c9-3-4-11-5-6(8(10)13)1-2-7(11)12/h1-2,5H,3-4H2,(H2,10,13). The minimum atomic E-state index is -0.552. The molecule has 4 nitrogen and oxygen atoms in total. The van der Waals surface area contributed by atoms with Crippen LogP contribution in [0.3, 0.4) is 0 Å². The zero-order valence-electron chi connectivity index (χ0n) is 6.87. The number of aromatic nitrogens is 1. The van der Waals surface area contributed by atoms with E-state index in [-0.39, 0.29) is 5.56 Å². The number of nitrogens with two attached hydrogens (primary N) is 1. The molecule has 1 amide bonds. The van der Waals surface area contributed by atoms with Gasteiger partial charge in [0, 0.05) is 24.7 Å². The van der Waals surface area contributed by atoms with Crippen LogP contribution in [0, 0.1) is 0 Å². The number of alkyl halides is 1. The summed E-state index contributed by atoms with van der Waals surface area (Å²) in [5.74, 6) is -0.231. The van der Waals surface area contributed by atoms with Gasteiger partial charge in [-0.3, -0.25) is 9.59 Å². The Morgan fingerprint density at radius 3 is 2.77 bits per heavy atom. The molecule has 0 aromatic carbocycles. The molecule has 0 atom stereocenters. The third kappa shape index (κ3) is 2.32. The van der Waals surface area contributed by atoms with E-state index >= 15 is 0 Å². The molecule has 1 heterocycles. The van der Waals surface area contributed by atoms with Crippen molar-refractivity contribution in [2.24, 2.45) is 5.73 Å². The molecule has 1 aromatic rings. The van der Waals surface area contributed by atoms with Crippen LogP contribution in [0.15, 0.2) is 23.1 Å². The van der Waals surface area contributed by atoms with Gasteiger partial charge < -0.3 is 10.3 Å². The average Bonchev–Trinajstić information content (AvgIpc) is 2.08. The molecule has 13 heavy (non-hydrogen) atoms. The van der Waals surface area contributed by atoms with Crippen molar-refractivity contribution < 1.29 is 4.79 Å². The Balaban J connectivity index is 3.11. The van der Waals surface area contributed by atoms with Crippen LogP contribution >= 0.6 is 11.6 Å². The molecule has 0 saturated heterocycles. The molecule has 5 heteroatoms. The number of aryl methyl sites for hydroxylation is 1. The molecule has 70 valence electrons. The first kappa shape index (κ1) is 9.80. The van der Waals surface area contributed by atoms with Crippen LogP contribution in [0.5, 0.6) is 0 Å². The minimum Gasteiger partial charge on any atom is -0.366 e. The van der Waals surface area contributed by atoms with E-state index in [2.05, 4.69) is 0 Å². The molecular weight excluding hydrogens is 192 g/mol. The van der Waals surface area contributed by atoms with E-state index in [9.17, 15) is 9.59 Å². The number of pyridine rings is 1. The van der Waals surface area contributed by atoms with E-state index in [0.29, 0.717) is 18.0 Å². The monoisotopic (exact) mass is 200 g/mol. The summed E-state index contributed by atoms with van der Waals surface area (Å²) < 4.78 is 1.35. The molecule has 0 spiro atoms. The summed E-state index contributed by atoms with van der Waals surface area (Å²) in [4.78, 5) is 21.9. The molecule has 0 fully saturated rings. The second-order valence-corrected chi connectivity index (χ2v) is 2.88. The summed E-state index contributed by atoms with van der Waals surface area (Å²) in [5.41, 5.74) is 5.16. The Morgan fingerprint density at radius 2 is 2.23 bits per heavy atom. The maximum atomic E-state index is 11.1. The minimum absolute atomic E-state index is 0.189. The smallest absolute Gasteiger partial charge is 0.250 e. The van der Waals surface area contributed by atoms with Crippen LogP contribution in [-0.4, -0.2) is 16.4 Å². The highest BCUT2D eigenvalue weighted by molar-refractivity contribution is 6.17. The average molecular weight is 201 g/mol. The zero-order valence-corrected chi connectivity index (χ0v) is 7.62. The lowest BCUT2D eigenvalue weighted by atomic mass is 10.3. The largest absolute Gasteiger partial charge is 0.366 e. The molecule has 0 saturated carbocycles. The van der Waals surface area contributed by atoms with Crippen molar-refractivity contribution in [1.82, 2.24) is 4.57 Å². The van der Waals surface area contributed by atoms with Gasteiger partial charge in [0.05, 0.1) is 5.56 Å². The number of primary amides is 1. The van der Waals surface area contributed by atoms with E-state index in [4.69, 9.17) is 17.3 Å². The number of carbonyl (C=O) groups is 1. The first-order valence-electron chi connectivity index (χ1n) is 3.71. The maximum Gasteiger partial charge on any atom is 0.250 e. The number of rotatable bonds is 3. The number of amides is 1. The summed E-state index contributed by atoms with van der Waals surface area (Å²) in [6.07, 6.45) is 1.41. The highest BCUT2D eigenvalue weighted by atomic mass is 35.5. The lowest BCUT2D eigenvalue weighted by Crippen LogP contribution is -2.22. The van der Waals surface area contributed by atoms with Crippen LogP contribution in [0.25, 0.3) is 0 Å². The highest BCUT2D eigenvalue weighted by Crippen LogP contribution is 1.94. The predicted octanol–water partition coefficient (Wildman–Crippen LogP) is 0.186. The number of nitrogens with zero attached hydrogens (tertiary/aromatic N) is 1. The molecule has 0 aliphatic heterocycles. The fraction of sp³-hybridized carbons (Fsp3) is 0.250.